The number of anilines is 1. The van der Waals surface area contributed by atoms with E-state index in [4.69, 9.17) is 0 Å². The third-order valence-electron chi connectivity index (χ3n) is 2.49. The SMILES string of the molecule is CC(=O)c1sc(NC(=O)CSc2cc(C)ncn2)nc1C. The van der Waals surface area contributed by atoms with E-state index in [1.807, 2.05) is 13.0 Å². The summed E-state index contributed by atoms with van der Waals surface area (Å²) in [5, 5.41) is 3.89. The summed E-state index contributed by atoms with van der Waals surface area (Å²) in [5.41, 5.74) is 1.50. The zero-order valence-corrected chi connectivity index (χ0v) is 13.5. The Bertz CT molecular complexity index is 685. The molecule has 2 heterocycles. The van der Waals surface area contributed by atoms with Crippen LogP contribution in [0.2, 0.25) is 0 Å². The van der Waals surface area contributed by atoms with Gasteiger partial charge in [0.15, 0.2) is 10.9 Å². The highest BCUT2D eigenvalue weighted by atomic mass is 32.2. The number of hydrogen-bond donors (Lipinski definition) is 1. The number of amides is 1. The van der Waals surface area contributed by atoms with Gasteiger partial charge in [0.2, 0.25) is 5.91 Å². The van der Waals surface area contributed by atoms with E-state index in [0.717, 1.165) is 10.7 Å². The summed E-state index contributed by atoms with van der Waals surface area (Å²) in [6, 6.07) is 1.82. The topological polar surface area (TPSA) is 84.8 Å². The van der Waals surface area contributed by atoms with Gasteiger partial charge in [0.25, 0.3) is 0 Å². The fourth-order valence-electron chi connectivity index (χ4n) is 1.58. The maximum Gasteiger partial charge on any atom is 0.236 e. The highest BCUT2D eigenvalue weighted by molar-refractivity contribution is 7.99. The number of ketones is 1. The number of Topliss-reactive ketones (excluding diaryl/α,β-unsaturated/α-hetero) is 1. The average Bonchev–Trinajstić information content (AvgIpc) is 2.77. The molecule has 2 aromatic heterocycles. The molecule has 0 saturated heterocycles. The van der Waals surface area contributed by atoms with Gasteiger partial charge in [-0.05, 0) is 19.9 Å². The van der Waals surface area contributed by atoms with E-state index >= 15 is 0 Å². The van der Waals surface area contributed by atoms with Crippen LogP contribution in [0, 0.1) is 13.8 Å². The van der Waals surface area contributed by atoms with Crippen molar-refractivity contribution in [3.05, 3.63) is 28.7 Å². The van der Waals surface area contributed by atoms with Crippen molar-refractivity contribution in [2.24, 2.45) is 0 Å². The quantitative estimate of drug-likeness (QED) is 0.517. The van der Waals surface area contributed by atoms with Gasteiger partial charge in [-0.2, -0.15) is 0 Å². The lowest BCUT2D eigenvalue weighted by molar-refractivity contribution is -0.113. The molecular formula is C13H14N4O2S2. The minimum absolute atomic E-state index is 0.0451. The molecule has 0 aliphatic heterocycles. The van der Waals surface area contributed by atoms with Crippen LogP contribution in [0.25, 0.3) is 0 Å². The summed E-state index contributed by atoms with van der Waals surface area (Å²) in [6.45, 7) is 5.11. The van der Waals surface area contributed by atoms with Crippen LogP contribution < -0.4 is 5.32 Å². The van der Waals surface area contributed by atoms with Crippen molar-refractivity contribution >= 4 is 39.9 Å². The second kappa shape index (κ2) is 6.77. The van der Waals surface area contributed by atoms with Crippen molar-refractivity contribution < 1.29 is 9.59 Å². The second-order valence-electron chi connectivity index (χ2n) is 4.32. The number of nitrogens with one attached hydrogen (secondary N) is 1. The molecule has 0 spiro atoms. The van der Waals surface area contributed by atoms with Crippen molar-refractivity contribution in [3.8, 4) is 0 Å². The van der Waals surface area contributed by atoms with Crippen LogP contribution in [0.4, 0.5) is 5.13 Å². The van der Waals surface area contributed by atoms with Gasteiger partial charge in [-0.1, -0.05) is 23.1 Å². The molecule has 2 rings (SSSR count). The van der Waals surface area contributed by atoms with E-state index in [2.05, 4.69) is 20.3 Å². The minimum Gasteiger partial charge on any atom is -0.301 e. The van der Waals surface area contributed by atoms with Crippen LogP contribution >= 0.6 is 23.1 Å². The molecule has 0 aliphatic rings. The molecule has 0 unspecified atom stereocenters. The lowest BCUT2D eigenvalue weighted by Gasteiger charge is -2.01. The van der Waals surface area contributed by atoms with Crippen molar-refractivity contribution in [3.63, 3.8) is 0 Å². The van der Waals surface area contributed by atoms with Crippen LogP contribution in [0.15, 0.2) is 17.4 Å². The van der Waals surface area contributed by atoms with Gasteiger partial charge in [-0.15, -0.1) is 0 Å². The summed E-state index contributed by atoms with van der Waals surface area (Å²) in [5.74, 6) is 0.00117. The van der Waals surface area contributed by atoms with Gasteiger partial charge in [0.05, 0.1) is 16.3 Å². The van der Waals surface area contributed by atoms with Gasteiger partial charge >= 0.3 is 0 Å². The van der Waals surface area contributed by atoms with Crippen LogP contribution in [0.5, 0.6) is 0 Å². The number of rotatable bonds is 5. The molecule has 1 amide bonds. The normalized spacial score (nSPS) is 10.4. The van der Waals surface area contributed by atoms with Gasteiger partial charge in [0.1, 0.15) is 11.4 Å². The summed E-state index contributed by atoms with van der Waals surface area (Å²) in [6.07, 6.45) is 1.47. The first-order valence-corrected chi connectivity index (χ1v) is 7.95. The van der Waals surface area contributed by atoms with Crippen LogP contribution in [-0.2, 0) is 4.79 Å². The number of thioether (sulfide) groups is 1. The van der Waals surface area contributed by atoms with Crippen molar-refractivity contribution in [1.82, 2.24) is 15.0 Å². The van der Waals surface area contributed by atoms with E-state index in [0.29, 0.717) is 15.7 Å². The molecule has 8 heteroatoms. The monoisotopic (exact) mass is 322 g/mol. The fraction of sp³-hybridized carbons (Fsp3) is 0.308. The zero-order chi connectivity index (χ0) is 15.4. The van der Waals surface area contributed by atoms with Gasteiger partial charge in [-0.25, -0.2) is 15.0 Å². The predicted molar refractivity (Wildman–Crippen MR) is 83.0 cm³/mol. The minimum atomic E-state index is -0.180. The molecule has 0 atom stereocenters. The van der Waals surface area contributed by atoms with Gasteiger partial charge in [0, 0.05) is 12.6 Å². The second-order valence-corrected chi connectivity index (χ2v) is 6.32. The highest BCUT2D eigenvalue weighted by Crippen LogP contribution is 2.23. The van der Waals surface area contributed by atoms with E-state index in [-0.39, 0.29) is 17.4 Å². The van der Waals surface area contributed by atoms with Gasteiger partial charge < -0.3 is 5.32 Å². The van der Waals surface area contributed by atoms with E-state index < -0.39 is 0 Å². The Morgan fingerprint density at radius 1 is 1.33 bits per heavy atom. The summed E-state index contributed by atoms with van der Waals surface area (Å²) < 4.78 is 0. The highest BCUT2D eigenvalue weighted by Gasteiger charge is 2.13. The Hall–Kier alpha value is -1.80. The first kappa shape index (κ1) is 15.6. The molecular weight excluding hydrogens is 308 g/mol. The smallest absolute Gasteiger partial charge is 0.236 e. The number of aryl methyl sites for hydroxylation is 2. The molecule has 1 N–H and O–H groups in total. The zero-order valence-electron chi connectivity index (χ0n) is 11.8. The number of carbonyl (C=O) groups is 2. The first-order chi connectivity index (χ1) is 9.95. The van der Waals surface area contributed by atoms with Gasteiger partial charge in [-0.3, -0.25) is 9.59 Å². The summed E-state index contributed by atoms with van der Waals surface area (Å²) in [4.78, 5) is 36.0. The summed E-state index contributed by atoms with van der Waals surface area (Å²) >= 11 is 2.52. The number of hydrogen-bond acceptors (Lipinski definition) is 7. The van der Waals surface area contributed by atoms with Crippen molar-refractivity contribution in [2.75, 3.05) is 11.1 Å². The molecule has 0 saturated carbocycles. The number of nitrogens with zero attached hydrogens (tertiary/aromatic N) is 3. The third-order valence-corrected chi connectivity index (χ3v) is 4.59. The standard InChI is InChI=1S/C13H14N4O2S2/c1-7-4-11(15-6-14-7)20-5-10(19)17-13-16-8(2)12(21-13)9(3)18/h4,6H,5H2,1-3H3,(H,16,17,19). The molecule has 0 radical (unpaired) electrons. The Labute approximate surface area is 130 Å². The molecule has 0 bridgehead atoms. The third kappa shape index (κ3) is 4.33. The maximum absolute atomic E-state index is 11.9. The Kier molecular flexibility index (Phi) is 5.03. The average molecular weight is 322 g/mol. The van der Waals surface area contributed by atoms with E-state index in [9.17, 15) is 9.59 Å². The van der Waals surface area contributed by atoms with Crippen LogP contribution in [0.1, 0.15) is 28.0 Å². The van der Waals surface area contributed by atoms with E-state index in [1.165, 1.54) is 36.3 Å². The Morgan fingerprint density at radius 3 is 2.71 bits per heavy atom. The van der Waals surface area contributed by atoms with E-state index in [1.54, 1.807) is 6.92 Å². The van der Waals surface area contributed by atoms with Crippen molar-refractivity contribution in [1.29, 1.82) is 0 Å². The molecule has 21 heavy (non-hydrogen) atoms. The largest absolute Gasteiger partial charge is 0.301 e. The fourth-order valence-corrected chi connectivity index (χ4v) is 3.18. The molecule has 0 aliphatic carbocycles. The summed E-state index contributed by atoms with van der Waals surface area (Å²) in [7, 11) is 0. The molecule has 2 aromatic rings. The first-order valence-electron chi connectivity index (χ1n) is 6.15. The molecule has 0 fully saturated rings. The molecule has 0 aromatic carbocycles. The lowest BCUT2D eigenvalue weighted by Crippen LogP contribution is -2.13. The Morgan fingerprint density at radius 2 is 2.10 bits per heavy atom. The van der Waals surface area contributed by atoms with Crippen LogP contribution in [0.3, 0.4) is 0 Å². The number of aromatic nitrogens is 3. The Balaban J connectivity index is 1.93. The lowest BCUT2D eigenvalue weighted by atomic mass is 10.3. The predicted octanol–water partition coefficient (Wildman–Crippen LogP) is 2.48. The number of carbonyl (C=O) groups excluding carboxylic acids is 2. The molecule has 110 valence electrons. The number of thiazole rings is 1. The maximum atomic E-state index is 11.9. The molecule has 6 nitrogen and oxygen atoms in total. The van der Waals surface area contributed by atoms with Crippen molar-refractivity contribution in [2.45, 2.75) is 25.8 Å². The van der Waals surface area contributed by atoms with Crippen LogP contribution in [-0.4, -0.2) is 32.4 Å².